The molecule has 0 spiro atoms. The predicted molar refractivity (Wildman–Crippen MR) is 75.2 cm³/mol. The lowest BCUT2D eigenvalue weighted by molar-refractivity contribution is 0.0822. The standard InChI is InChI=1S/C13H10Cl2O2S/c1-8(13(16)11-6-7-12(15)18-11)17-10-4-2-9(14)3-5-10/h2-8H,1H3. The molecular formula is C13H10Cl2O2S. The molecule has 0 fully saturated rings. The number of carbonyl (C=O) groups is 1. The van der Waals surface area contributed by atoms with E-state index in [9.17, 15) is 4.79 Å². The van der Waals surface area contributed by atoms with Crippen molar-refractivity contribution in [1.29, 1.82) is 0 Å². The van der Waals surface area contributed by atoms with Crippen LogP contribution in [-0.4, -0.2) is 11.9 Å². The van der Waals surface area contributed by atoms with Gasteiger partial charge in [0, 0.05) is 5.02 Å². The fraction of sp³-hybridized carbons (Fsp3) is 0.154. The molecule has 0 aliphatic carbocycles. The Hall–Kier alpha value is -1.03. The number of benzene rings is 1. The van der Waals surface area contributed by atoms with Crippen molar-refractivity contribution in [2.75, 3.05) is 0 Å². The van der Waals surface area contributed by atoms with Crippen molar-refractivity contribution >= 4 is 40.3 Å². The summed E-state index contributed by atoms with van der Waals surface area (Å²) in [6.45, 7) is 1.71. The lowest BCUT2D eigenvalue weighted by atomic mass is 10.2. The van der Waals surface area contributed by atoms with Crippen molar-refractivity contribution in [3.63, 3.8) is 0 Å². The van der Waals surface area contributed by atoms with Gasteiger partial charge < -0.3 is 4.74 Å². The minimum absolute atomic E-state index is 0.0816. The Morgan fingerprint density at radius 1 is 1.17 bits per heavy atom. The summed E-state index contributed by atoms with van der Waals surface area (Å²) in [6, 6.07) is 10.3. The third-order valence-corrected chi connectivity index (χ3v) is 3.81. The zero-order chi connectivity index (χ0) is 13.1. The van der Waals surface area contributed by atoms with E-state index in [0.717, 1.165) is 0 Å². The van der Waals surface area contributed by atoms with Gasteiger partial charge in [-0.3, -0.25) is 4.79 Å². The molecule has 0 amide bonds. The molecule has 18 heavy (non-hydrogen) atoms. The smallest absolute Gasteiger partial charge is 0.212 e. The summed E-state index contributed by atoms with van der Waals surface area (Å²) >= 11 is 12.8. The molecule has 0 bridgehead atoms. The molecule has 1 aromatic heterocycles. The molecule has 0 radical (unpaired) electrons. The average Bonchev–Trinajstić information content (AvgIpc) is 2.78. The Morgan fingerprint density at radius 3 is 2.39 bits per heavy atom. The highest BCUT2D eigenvalue weighted by atomic mass is 35.5. The maximum Gasteiger partial charge on any atom is 0.212 e. The Bertz CT molecular complexity index is 548. The van der Waals surface area contributed by atoms with E-state index in [1.54, 1.807) is 43.3 Å². The van der Waals surface area contributed by atoms with Gasteiger partial charge >= 0.3 is 0 Å². The molecule has 0 aliphatic rings. The number of carbonyl (C=O) groups excluding carboxylic acids is 1. The molecule has 1 atom stereocenters. The number of rotatable bonds is 4. The lowest BCUT2D eigenvalue weighted by Gasteiger charge is -2.12. The topological polar surface area (TPSA) is 26.3 Å². The van der Waals surface area contributed by atoms with E-state index in [2.05, 4.69) is 0 Å². The molecule has 0 saturated heterocycles. The third-order valence-electron chi connectivity index (χ3n) is 2.31. The summed E-state index contributed by atoms with van der Waals surface area (Å²) < 4.78 is 6.14. The minimum atomic E-state index is -0.555. The number of Topliss-reactive ketones (excluding diaryl/α,β-unsaturated/α-hetero) is 1. The van der Waals surface area contributed by atoms with Crippen molar-refractivity contribution < 1.29 is 9.53 Å². The zero-order valence-corrected chi connectivity index (χ0v) is 11.9. The van der Waals surface area contributed by atoms with Gasteiger partial charge in [0.2, 0.25) is 5.78 Å². The van der Waals surface area contributed by atoms with Crippen LogP contribution in [0.2, 0.25) is 9.36 Å². The van der Waals surface area contributed by atoms with Crippen LogP contribution in [-0.2, 0) is 0 Å². The van der Waals surface area contributed by atoms with Crippen LogP contribution in [0.5, 0.6) is 5.75 Å². The van der Waals surface area contributed by atoms with Crippen molar-refractivity contribution in [1.82, 2.24) is 0 Å². The molecule has 0 N–H and O–H groups in total. The molecule has 5 heteroatoms. The second-order valence-corrected chi connectivity index (χ2v) is 5.83. The van der Waals surface area contributed by atoms with Crippen molar-refractivity contribution in [3.05, 3.63) is 50.6 Å². The van der Waals surface area contributed by atoms with Crippen molar-refractivity contribution in [2.45, 2.75) is 13.0 Å². The minimum Gasteiger partial charge on any atom is -0.483 e. The summed E-state index contributed by atoms with van der Waals surface area (Å²) in [5.74, 6) is 0.532. The van der Waals surface area contributed by atoms with E-state index in [4.69, 9.17) is 27.9 Å². The first kappa shape index (κ1) is 13.4. The summed E-state index contributed by atoms with van der Waals surface area (Å²) in [7, 11) is 0. The van der Waals surface area contributed by atoms with Crippen LogP contribution in [0.15, 0.2) is 36.4 Å². The van der Waals surface area contributed by atoms with Gasteiger partial charge in [-0.05, 0) is 43.3 Å². The van der Waals surface area contributed by atoms with Crippen LogP contribution >= 0.6 is 34.5 Å². The number of ketones is 1. The van der Waals surface area contributed by atoms with Gasteiger partial charge in [-0.25, -0.2) is 0 Å². The Kier molecular flexibility index (Phi) is 4.27. The molecule has 1 unspecified atom stereocenters. The number of thiophene rings is 1. The zero-order valence-electron chi connectivity index (χ0n) is 9.52. The lowest BCUT2D eigenvalue weighted by Crippen LogP contribution is -2.22. The van der Waals surface area contributed by atoms with Crippen molar-refractivity contribution in [3.8, 4) is 5.75 Å². The Labute approximate surface area is 119 Å². The monoisotopic (exact) mass is 300 g/mol. The third kappa shape index (κ3) is 3.25. The first-order valence-electron chi connectivity index (χ1n) is 5.28. The highest BCUT2D eigenvalue weighted by Crippen LogP contribution is 2.24. The van der Waals surface area contributed by atoms with Crippen LogP contribution in [0.1, 0.15) is 16.6 Å². The summed E-state index contributed by atoms with van der Waals surface area (Å²) in [5, 5.41) is 0.631. The molecular weight excluding hydrogens is 291 g/mol. The van der Waals surface area contributed by atoms with Crippen LogP contribution < -0.4 is 4.74 Å². The van der Waals surface area contributed by atoms with Gasteiger partial charge in [-0.15, -0.1) is 11.3 Å². The van der Waals surface area contributed by atoms with E-state index < -0.39 is 6.10 Å². The number of hydrogen-bond acceptors (Lipinski definition) is 3. The number of ether oxygens (including phenoxy) is 1. The van der Waals surface area contributed by atoms with Gasteiger partial charge in [0.15, 0.2) is 6.10 Å². The predicted octanol–water partition coefficient (Wildman–Crippen LogP) is 4.71. The Balaban J connectivity index is 2.05. The normalized spacial score (nSPS) is 12.2. The van der Waals surface area contributed by atoms with Crippen LogP contribution in [0.25, 0.3) is 0 Å². The number of halogens is 2. The largest absolute Gasteiger partial charge is 0.483 e. The van der Waals surface area contributed by atoms with E-state index in [1.807, 2.05) is 0 Å². The number of hydrogen-bond donors (Lipinski definition) is 0. The first-order chi connectivity index (χ1) is 8.56. The SMILES string of the molecule is CC(Oc1ccc(Cl)cc1)C(=O)c1ccc(Cl)s1. The van der Waals surface area contributed by atoms with E-state index in [-0.39, 0.29) is 5.78 Å². The van der Waals surface area contributed by atoms with Crippen LogP contribution in [0.3, 0.4) is 0 Å². The molecule has 94 valence electrons. The maximum atomic E-state index is 12.0. The second-order valence-electron chi connectivity index (χ2n) is 3.68. The summed E-state index contributed by atoms with van der Waals surface area (Å²) in [5.41, 5.74) is 0. The van der Waals surface area contributed by atoms with Gasteiger partial charge in [0.1, 0.15) is 5.75 Å². The fourth-order valence-electron chi connectivity index (χ4n) is 1.42. The van der Waals surface area contributed by atoms with E-state index in [0.29, 0.717) is 20.0 Å². The van der Waals surface area contributed by atoms with Crippen LogP contribution in [0.4, 0.5) is 0 Å². The van der Waals surface area contributed by atoms with Crippen LogP contribution in [0, 0.1) is 0 Å². The molecule has 0 aliphatic heterocycles. The molecule has 2 aromatic rings. The average molecular weight is 301 g/mol. The van der Waals surface area contributed by atoms with Gasteiger partial charge in [0.25, 0.3) is 0 Å². The maximum absolute atomic E-state index is 12.0. The highest BCUT2D eigenvalue weighted by molar-refractivity contribution is 7.18. The quantitative estimate of drug-likeness (QED) is 0.765. The highest BCUT2D eigenvalue weighted by Gasteiger charge is 2.18. The molecule has 1 heterocycles. The molecule has 2 nitrogen and oxygen atoms in total. The van der Waals surface area contributed by atoms with Gasteiger partial charge in [-0.1, -0.05) is 23.2 Å². The van der Waals surface area contributed by atoms with Gasteiger partial charge in [0.05, 0.1) is 9.21 Å². The van der Waals surface area contributed by atoms with E-state index in [1.165, 1.54) is 11.3 Å². The Morgan fingerprint density at radius 2 is 1.83 bits per heavy atom. The van der Waals surface area contributed by atoms with Gasteiger partial charge in [-0.2, -0.15) is 0 Å². The summed E-state index contributed by atoms with van der Waals surface area (Å²) in [4.78, 5) is 12.6. The first-order valence-corrected chi connectivity index (χ1v) is 6.85. The molecule has 1 aromatic carbocycles. The summed E-state index contributed by atoms with van der Waals surface area (Å²) in [6.07, 6.45) is -0.555. The molecule has 0 saturated carbocycles. The molecule has 2 rings (SSSR count). The van der Waals surface area contributed by atoms with E-state index >= 15 is 0 Å². The van der Waals surface area contributed by atoms with Crippen molar-refractivity contribution in [2.24, 2.45) is 0 Å². The fourth-order valence-corrected chi connectivity index (χ4v) is 2.61. The second kappa shape index (κ2) is 5.74.